The van der Waals surface area contributed by atoms with Crippen molar-refractivity contribution in [3.63, 3.8) is 0 Å². The molecule has 4 aromatic rings. The third-order valence-electron chi connectivity index (χ3n) is 5.50. The fraction of sp³-hybridized carbons (Fsp3) is 0.240. The van der Waals surface area contributed by atoms with E-state index in [-0.39, 0.29) is 59.5 Å². The first kappa shape index (κ1) is 28.4. The summed E-state index contributed by atoms with van der Waals surface area (Å²) in [7, 11) is 0. The number of nitrogens with two attached hydrogens (primary N) is 1. The molecule has 5 N–H and O–H groups in total. The van der Waals surface area contributed by atoms with Gasteiger partial charge in [0.15, 0.2) is 17.2 Å². The predicted molar refractivity (Wildman–Crippen MR) is 142 cm³/mol. The Hall–Kier alpha value is -4.61. The first-order chi connectivity index (χ1) is 19.1. The standard InChI is InChI=1S/C25H23ClF3N9O2/c1-2-3-9-37-14-17(21(36-37)25(27,28)29)19-12-33-23-22(32-8-10-38(19)23)35-15-4-5-16(18(26)11-15)24(40)34-13-20(39)31-7-6-30/h4-5,8,10-12,14H,6-7,9,13,30H2,1H3,(H,31,39)(H,32,35)(H,34,40). The number of halogens is 4. The summed E-state index contributed by atoms with van der Waals surface area (Å²) in [5, 5.41) is 11.8. The van der Waals surface area contributed by atoms with Crippen LogP contribution in [0, 0.1) is 11.8 Å². The summed E-state index contributed by atoms with van der Waals surface area (Å²) in [6, 6.07) is 4.49. The van der Waals surface area contributed by atoms with Crippen molar-refractivity contribution in [2.45, 2.75) is 19.6 Å². The largest absolute Gasteiger partial charge is 0.435 e. The zero-order chi connectivity index (χ0) is 28.9. The maximum absolute atomic E-state index is 13.8. The van der Waals surface area contributed by atoms with E-state index in [0.29, 0.717) is 5.69 Å². The maximum Gasteiger partial charge on any atom is 0.435 e. The Kier molecular flexibility index (Phi) is 8.56. The van der Waals surface area contributed by atoms with Gasteiger partial charge in [0.25, 0.3) is 5.91 Å². The second kappa shape index (κ2) is 12.1. The molecule has 208 valence electrons. The lowest BCUT2D eigenvalue weighted by Gasteiger charge is -2.11. The number of hydrogen-bond acceptors (Lipinski definition) is 7. The number of alkyl halides is 3. The quantitative estimate of drug-likeness (QED) is 0.225. The smallest absolute Gasteiger partial charge is 0.353 e. The molecule has 1 aromatic carbocycles. The Morgan fingerprint density at radius 1 is 1.20 bits per heavy atom. The highest BCUT2D eigenvalue weighted by Gasteiger charge is 2.38. The molecule has 0 spiro atoms. The van der Waals surface area contributed by atoms with E-state index in [1.165, 1.54) is 41.3 Å². The van der Waals surface area contributed by atoms with Crippen molar-refractivity contribution >= 4 is 40.6 Å². The van der Waals surface area contributed by atoms with Crippen molar-refractivity contribution in [3.05, 3.63) is 59.3 Å². The Morgan fingerprint density at radius 2 is 2.00 bits per heavy atom. The van der Waals surface area contributed by atoms with Crippen LogP contribution in [0.15, 0.2) is 43.0 Å². The lowest BCUT2D eigenvalue weighted by Crippen LogP contribution is -2.38. The van der Waals surface area contributed by atoms with Gasteiger partial charge in [-0.15, -0.1) is 5.92 Å². The number of hydrogen-bond donors (Lipinski definition) is 4. The van der Waals surface area contributed by atoms with E-state index in [2.05, 4.69) is 42.9 Å². The van der Waals surface area contributed by atoms with Crippen LogP contribution < -0.4 is 21.7 Å². The van der Waals surface area contributed by atoms with E-state index in [1.807, 2.05) is 0 Å². The number of anilines is 2. The number of fused-ring (bicyclic) bond motifs is 1. The fourth-order valence-electron chi connectivity index (χ4n) is 3.71. The fourth-order valence-corrected chi connectivity index (χ4v) is 3.98. The SMILES string of the molecule is CC#CCn1cc(-c2cnc3c(Nc4ccc(C(=O)NCC(=O)NCCN)c(Cl)c4)nccn23)c(C(F)(F)F)n1. The molecule has 0 fully saturated rings. The molecular weight excluding hydrogens is 551 g/mol. The molecule has 0 unspecified atom stereocenters. The van der Waals surface area contributed by atoms with Gasteiger partial charge in [0.1, 0.15) is 6.54 Å². The van der Waals surface area contributed by atoms with Gasteiger partial charge in [0.05, 0.1) is 34.6 Å². The Morgan fingerprint density at radius 3 is 2.70 bits per heavy atom. The van der Waals surface area contributed by atoms with Gasteiger partial charge in [0, 0.05) is 37.4 Å². The normalized spacial score (nSPS) is 11.2. The van der Waals surface area contributed by atoms with Gasteiger partial charge in [-0.25, -0.2) is 9.97 Å². The molecule has 15 heteroatoms. The average molecular weight is 574 g/mol. The van der Waals surface area contributed by atoms with Crippen LogP contribution in [0.2, 0.25) is 5.02 Å². The molecule has 4 rings (SSSR count). The van der Waals surface area contributed by atoms with Crippen LogP contribution in [-0.2, 0) is 17.5 Å². The molecule has 0 aliphatic carbocycles. The summed E-state index contributed by atoms with van der Waals surface area (Å²) in [6.07, 6.45) is 0.762. The van der Waals surface area contributed by atoms with Crippen LogP contribution in [0.4, 0.5) is 24.7 Å². The molecule has 40 heavy (non-hydrogen) atoms. The van der Waals surface area contributed by atoms with Gasteiger partial charge in [-0.3, -0.25) is 18.7 Å². The van der Waals surface area contributed by atoms with E-state index < -0.39 is 23.7 Å². The van der Waals surface area contributed by atoms with Gasteiger partial charge in [-0.1, -0.05) is 17.5 Å². The molecule has 0 saturated heterocycles. The lowest BCUT2D eigenvalue weighted by atomic mass is 10.2. The number of nitrogens with zero attached hydrogens (tertiary/aromatic N) is 5. The first-order valence-electron chi connectivity index (χ1n) is 11.8. The molecule has 0 aliphatic heterocycles. The highest BCUT2D eigenvalue weighted by atomic mass is 35.5. The van der Waals surface area contributed by atoms with E-state index >= 15 is 0 Å². The number of rotatable bonds is 9. The van der Waals surface area contributed by atoms with Crippen LogP contribution >= 0.6 is 11.6 Å². The molecule has 3 heterocycles. The number of carbonyl (C=O) groups excluding carboxylic acids is 2. The maximum atomic E-state index is 13.8. The zero-order valence-electron chi connectivity index (χ0n) is 21.0. The first-order valence-corrected chi connectivity index (χ1v) is 12.2. The number of benzene rings is 1. The average Bonchev–Trinajstić information content (AvgIpc) is 3.54. The predicted octanol–water partition coefficient (Wildman–Crippen LogP) is 2.84. The molecule has 0 aliphatic rings. The van der Waals surface area contributed by atoms with Crippen molar-refractivity contribution in [2.75, 3.05) is 25.0 Å². The lowest BCUT2D eigenvalue weighted by molar-refractivity contribution is -0.141. The third kappa shape index (κ3) is 6.33. The van der Waals surface area contributed by atoms with Crippen molar-refractivity contribution in [2.24, 2.45) is 5.73 Å². The Labute approximate surface area is 230 Å². The molecule has 11 nitrogen and oxygen atoms in total. The highest BCUT2D eigenvalue weighted by Crippen LogP contribution is 2.37. The van der Waals surface area contributed by atoms with E-state index in [1.54, 1.807) is 13.0 Å². The van der Waals surface area contributed by atoms with Crippen LogP contribution in [-0.4, -0.2) is 55.6 Å². The highest BCUT2D eigenvalue weighted by molar-refractivity contribution is 6.34. The molecule has 0 atom stereocenters. The summed E-state index contributed by atoms with van der Waals surface area (Å²) in [6.45, 7) is 1.90. The van der Waals surface area contributed by atoms with Crippen molar-refractivity contribution < 1.29 is 22.8 Å². The topological polar surface area (TPSA) is 144 Å². The molecule has 2 amide bonds. The van der Waals surface area contributed by atoms with E-state index in [9.17, 15) is 22.8 Å². The summed E-state index contributed by atoms with van der Waals surface area (Å²) in [5.41, 5.74) is 5.08. The number of carbonyl (C=O) groups is 2. The van der Waals surface area contributed by atoms with E-state index in [4.69, 9.17) is 17.3 Å². The van der Waals surface area contributed by atoms with E-state index in [0.717, 1.165) is 4.68 Å². The summed E-state index contributed by atoms with van der Waals surface area (Å²) in [5.74, 6) is 4.61. The minimum Gasteiger partial charge on any atom is -0.353 e. The van der Waals surface area contributed by atoms with Crippen LogP contribution in [0.25, 0.3) is 16.9 Å². The monoisotopic (exact) mass is 573 g/mol. The molecule has 3 aromatic heterocycles. The van der Waals surface area contributed by atoms with Crippen LogP contribution in [0.3, 0.4) is 0 Å². The third-order valence-corrected chi connectivity index (χ3v) is 5.82. The number of aromatic nitrogens is 5. The van der Waals surface area contributed by atoms with Crippen molar-refractivity contribution in [3.8, 4) is 23.1 Å². The molecule has 0 saturated carbocycles. The number of imidazole rings is 1. The summed E-state index contributed by atoms with van der Waals surface area (Å²) in [4.78, 5) is 32.7. The van der Waals surface area contributed by atoms with Gasteiger partial charge in [-0.2, -0.15) is 18.3 Å². The van der Waals surface area contributed by atoms with Gasteiger partial charge >= 0.3 is 6.18 Å². The van der Waals surface area contributed by atoms with Gasteiger partial charge in [0.2, 0.25) is 5.91 Å². The van der Waals surface area contributed by atoms with Crippen molar-refractivity contribution in [1.29, 1.82) is 0 Å². The second-order valence-corrected chi connectivity index (χ2v) is 8.67. The summed E-state index contributed by atoms with van der Waals surface area (Å²) >= 11 is 6.31. The van der Waals surface area contributed by atoms with Gasteiger partial charge in [-0.05, 0) is 25.1 Å². The number of amides is 2. The minimum atomic E-state index is -4.70. The van der Waals surface area contributed by atoms with Crippen molar-refractivity contribution in [1.82, 2.24) is 34.8 Å². The van der Waals surface area contributed by atoms with Crippen LogP contribution in [0.5, 0.6) is 0 Å². The molecule has 0 bridgehead atoms. The minimum absolute atomic E-state index is 0.000930. The number of nitrogens with one attached hydrogen (secondary N) is 3. The molecular formula is C25H23ClF3N9O2. The second-order valence-electron chi connectivity index (χ2n) is 8.27. The Bertz CT molecular complexity index is 1620. The van der Waals surface area contributed by atoms with Crippen LogP contribution in [0.1, 0.15) is 23.0 Å². The zero-order valence-corrected chi connectivity index (χ0v) is 21.8. The van der Waals surface area contributed by atoms with Gasteiger partial charge < -0.3 is 21.7 Å². The molecule has 0 radical (unpaired) electrons. The Balaban J connectivity index is 1.58. The summed E-state index contributed by atoms with van der Waals surface area (Å²) < 4.78 is 43.9.